The molecule has 0 fully saturated rings. The quantitative estimate of drug-likeness (QED) is 0.105. The van der Waals surface area contributed by atoms with Gasteiger partial charge in [-0.25, -0.2) is 9.80 Å². The maximum Gasteiger partial charge on any atom is 0.322 e. The van der Waals surface area contributed by atoms with Crippen molar-refractivity contribution >= 4 is 51.9 Å². The fourth-order valence-corrected chi connectivity index (χ4v) is 6.70. The van der Waals surface area contributed by atoms with E-state index >= 15 is 0 Å². The summed E-state index contributed by atoms with van der Waals surface area (Å²) in [5.41, 5.74) is 6.18. The van der Waals surface area contributed by atoms with Gasteiger partial charge in [0, 0.05) is 81.5 Å². The highest BCUT2D eigenvalue weighted by Gasteiger charge is 2.33. The first-order valence-electron chi connectivity index (χ1n) is 19.1. The second kappa shape index (κ2) is 19.9. The number of unbranched alkanes of at least 4 members (excludes halogenated alkanes) is 3. The number of pyridine rings is 2. The van der Waals surface area contributed by atoms with E-state index in [1.165, 1.54) is 0 Å². The van der Waals surface area contributed by atoms with Crippen LogP contribution >= 0.6 is 0 Å². The number of hydrogen-bond acceptors (Lipinski definition) is 8. The molecule has 4 aromatic rings. The Kier molecular flexibility index (Phi) is 14.6. The van der Waals surface area contributed by atoms with Gasteiger partial charge in [0.15, 0.2) is 0 Å². The van der Waals surface area contributed by atoms with Gasteiger partial charge in [-0.2, -0.15) is 5.10 Å². The molecule has 6 rings (SSSR count). The molecule has 0 spiro atoms. The SMILES string of the molecule is CC.O=C(O)CCC(=O)CCC(=O)NCCCCCCN1N=C(c2ccc(NC(=O)N3Cc4ccncc4C3)cc2)CC(c2cccc3ncccc23)C1=O. The number of ketones is 1. The van der Waals surface area contributed by atoms with E-state index in [1.54, 1.807) is 28.5 Å². The number of benzene rings is 2. The van der Waals surface area contributed by atoms with Crippen LogP contribution in [0.15, 0.2) is 84.4 Å². The Balaban J connectivity index is 0.00000285. The molecule has 1 atom stereocenters. The summed E-state index contributed by atoms with van der Waals surface area (Å²) in [6.07, 6.45) is 8.62. The second-order valence-corrected chi connectivity index (χ2v) is 13.4. The smallest absolute Gasteiger partial charge is 0.322 e. The summed E-state index contributed by atoms with van der Waals surface area (Å²) in [7, 11) is 0. The van der Waals surface area contributed by atoms with Gasteiger partial charge in [-0.15, -0.1) is 0 Å². The van der Waals surface area contributed by atoms with Crippen LogP contribution in [0.25, 0.3) is 10.9 Å². The maximum absolute atomic E-state index is 14.0. The Morgan fingerprint density at radius 1 is 0.836 bits per heavy atom. The summed E-state index contributed by atoms with van der Waals surface area (Å²) in [5, 5.41) is 21.9. The predicted molar refractivity (Wildman–Crippen MR) is 210 cm³/mol. The first kappa shape index (κ1) is 40.2. The average molecular weight is 748 g/mol. The fourth-order valence-electron chi connectivity index (χ4n) is 6.70. The number of hydrogen-bond donors (Lipinski definition) is 3. The minimum Gasteiger partial charge on any atom is -0.481 e. The van der Waals surface area contributed by atoms with Crippen LogP contribution in [0.4, 0.5) is 10.5 Å². The molecular formula is C42H49N7O6. The van der Waals surface area contributed by atoms with Crippen molar-refractivity contribution in [3.8, 4) is 0 Å². The molecule has 1 unspecified atom stereocenters. The third-order valence-electron chi connectivity index (χ3n) is 9.60. The lowest BCUT2D eigenvalue weighted by molar-refractivity contribution is -0.138. The molecule has 288 valence electrons. The summed E-state index contributed by atoms with van der Waals surface area (Å²) in [6, 6.07) is 19.0. The second-order valence-electron chi connectivity index (χ2n) is 13.4. The number of nitrogens with zero attached hydrogens (tertiary/aromatic N) is 5. The van der Waals surface area contributed by atoms with Crippen LogP contribution in [-0.2, 0) is 32.3 Å². The fraction of sp³-hybridized carbons (Fsp3) is 0.381. The minimum absolute atomic E-state index is 0.0368. The van der Waals surface area contributed by atoms with Gasteiger partial charge in [0.2, 0.25) is 5.91 Å². The average Bonchev–Trinajstić information content (AvgIpc) is 3.65. The normalized spacial score (nSPS) is 14.8. The molecule has 0 bridgehead atoms. The number of aromatic nitrogens is 2. The lowest BCUT2D eigenvalue weighted by atomic mass is 9.86. The number of nitrogens with one attached hydrogen (secondary N) is 2. The largest absolute Gasteiger partial charge is 0.481 e. The number of aliphatic carboxylic acids is 1. The molecule has 0 saturated carbocycles. The van der Waals surface area contributed by atoms with Gasteiger partial charge in [0.25, 0.3) is 5.91 Å². The van der Waals surface area contributed by atoms with Gasteiger partial charge in [0.1, 0.15) is 5.78 Å². The summed E-state index contributed by atoms with van der Waals surface area (Å²) in [5.74, 6) is -2.01. The Labute approximate surface area is 321 Å². The molecule has 0 aliphatic carbocycles. The first-order chi connectivity index (χ1) is 26.7. The summed E-state index contributed by atoms with van der Waals surface area (Å²) in [4.78, 5) is 71.9. The first-order valence-corrected chi connectivity index (χ1v) is 19.1. The molecule has 13 heteroatoms. The Morgan fingerprint density at radius 3 is 2.38 bits per heavy atom. The van der Waals surface area contributed by atoms with E-state index in [9.17, 15) is 24.0 Å². The number of anilines is 1. The highest BCUT2D eigenvalue weighted by atomic mass is 16.4. The lowest BCUT2D eigenvalue weighted by Crippen LogP contribution is -2.38. The standard InChI is InChI=1S/C40H43N7O6.C2H6/c48-31(15-17-38(50)51)14-16-37(49)43-19-3-1-2-4-22-47-39(52)34(32-7-5-9-35-33(32)8-6-20-42-35)23-36(45-47)27-10-12-30(13-11-27)44-40(53)46-25-28-18-21-41-24-29(28)26-46;1-2/h5-13,18,20-21,24,34H,1-4,14-17,19,22-23,25-26H2,(H,43,49)(H,44,53)(H,50,51);1-2H3. The number of amides is 4. The van der Waals surface area contributed by atoms with Crippen LogP contribution in [0.5, 0.6) is 0 Å². The van der Waals surface area contributed by atoms with Gasteiger partial charge < -0.3 is 20.6 Å². The Bertz CT molecular complexity index is 1980. The van der Waals surface area contributed by atoms with Crippen molar-refractivity contribution in [1.29, 1.82) is 0 Å². The van der Waals surface area contributed by atoms with Gasteiger partial charge in [-0.1, -0.05) is 57.0 Å². The van der Waals surface area contributed by atoms with E-state index in [1.807, 2.05) is 74.5 Å². The molecule has 2 aromatic heterocycles. The zero-order chi connectivity index (χ0) is 39.2. The van der Waals surface area contributed by atoms with E-state index in [2.05, 4.69) is 20.6 Å². The molecule has 4 amide bonds. The molecular weight excluding hydrogens is 699 g/mol. The van der Waals surface area contributed by atoms with Gasteiger partial charge in [0.05, 0.1) is 23.6 Å². The van der Waals surface area contributed by atoms with Crippen LogP contribution in [0.1, 0.15) is 99.8 Å². The number of carboxylic acids is 1. The van der Waals surface area contributed by atoms with Crippen LogP contribution in [0, 0.1) is 0 Å². The summed E-state index contributed by atoms with van der Waals surface area (Å²) in [6.45, 7) is 5.96. The zero-order valence-electron chi connectivity index (χ0n) is 31.5. The third kappa shape index (κ3) is 11.0. The van der Waals surface area contributed by atoms with Crippen LogP contribution < -0.4 is 10.6 Å². The highest BCUT2D eigenvalue weighted by molar-refractivity contribution is 6.07. The topological polar surface area (TPSA) is 174 Å². The number of urea groups is 1. The van der Waals surface area contributed by atoms with Crippen molar-refractivity contribution in [3.63, 3.8) is 0 Å². The number of carbonyl (C=O) groups excluding carboxylic acids is 4. The van der Waals surface area contributed by atoms with E-state index in [0.29, 0.717) is 38.3 Å². The van der Waals surface area contributed by atoms with Crippen molar-refractivity contribution in [1.82, 2.24) is 25.2 Å². The van der Waals surface area contributed by atoms with Crippen molar-refractivity contribution in [2.45, 2.75) is 90.6 Å². The Hall–Kier alpha value is -5.98. The van der Waals surface area contributed by atoms with Gasteiger partial charge in [-0.05, 0) is 65.4 Å². The maximum atomic E-state index is 14.0. The number of fused-ring (bicyclic) bond motifs is 2. The molecule has 0 saturated heterocycles. The lowest BCUT2D eigenvalue weighted by Gasteiger charge is -2.30. The molecule has 0 radical (unpaired) electrons. The molecule has 2 aliphatic heterocycles. The molecule has 2 aliphatic rings. The summed E-state index contributed by atoms with van der Waals surface area (Å²) < 4.78 is 0. The van der Waals surface area contributed by atoms with Crippen molar-refractivity contribution in [3.05, 3.63) is 102 Å². The number of hydrazone groups is 1. The minimum atomic E-state index is -1.03. The van der Waals surface area contributed by atoms with E-state index < -0.39 is 11.9 Å². The van der Waals surface area contributed by atoms with Crippen LogP contribution in [-0.4, -0.2) is 73.4 Å². The zero-order valence-corrected chi connectivity index (χ0v) is 31.5. The molecule has 3 N–H and O–H groups in total. The highest BCUT2D eigenvalue weighted by Crippen LogP contribution is 2.34. The predicted octanol–water partition coefficient (Wildman–Crippen LogP) is 6.81. The number of carboxylic acid groups (broad SMARTS) is 1. The summed E-state index contributed by atoms with van der Waals surface area (Å²) >= 11 is 0. The molecule has 13 nitrogen and oxygen atoms in total. The van der Waals surface area contributed by atoms with E-state index in [-0.39, 0.29) is 49.3 Å². The van der Waals surface area contributed by atoms with E-state index in [0.717, 1.165) is 64.6 Å². The van der Waals surface area contributed by atoms with Crippen LogP contribution in [0.2, 0.25) is 0 Å². The number of rotatable bonds is 16. The number of carbonyl (C=O) groups is 5. The van der Waals surface area contributed by atoms with Crippen LogP contribution in [0.3, 0.4) is 0 Å². The third-order valence-corrected chi connectivity index (χ3v) is 9.60. The number of Topliss-reactive ketones (excluding diaryl/α,β-unsaturated/α-hetero) is 1. The Morgan fingerprint density at radius 2 is 1.60 bits per heavy atom. The van der Waals surface area contributed by atoms with Crippen molar-refractivity contribution in [2.75, 3.05) is 18.4 Å². The molecule has 55 heavy (non-hydrogen) atoms. The van der Waals surface area contributed by atoms with Crippen molar-refractivity contribution in [2.24, 2.45) is 5.10 Å². The van der Waals surface area contributed by atoms with E-state index in [4.69, 9.17) is 10.2 Å². The van der Waals surface area contributed by atoms with Gasteiger partial charge >= 0.3 is 12.0 Å². The molecule has 2 aromatic carbocycles. The monoisotopic (exact) mass is 747 g/mol. The van der Waals surface area contributed by atoms with Crippen molar-refractivity contribution < 1.29 is 29.1 Å². The molecule has 4 heterocycles. The van der Waals surface area contributed by atoms with Gasteiger partial charge in [-0.3, -0.25) is 29.1 Å².